The molecule has 22 heavy (non-hydrogen) atoms. The molecule has 122 valence electrons. The SMILES string of the molecule is COC1CCN([C@H]2CCC[C@H]2NC(=O)c2ccc(C)n2C)C1. The van der Waals surface area contributed by atoms with Crippen molar-refractivity contribution in [2.75, 3.05) is 20.2 Å². The zero-order valence-corrected chi connectivity index (χ0v) is 13.8. The molecule has 2 fully saturated rings. The van der Waals surface area contributed by atoms with Crippen molar-refractivity contribution in [3.8, 4) is 0 Å². The second-order valence-corrected chi connectivity index (χ2v) is 6.64. The van der Waals surface area contributed by atoms with Gasteiger partial charge in [0.1, 0.15) is 5.69 Å². The molecule has 0 spiro atoms. The molecule has 1 aromatic heterocycles. The van der Waals surface area contributed by atoms with Crippen molar-refractivity contribution in [2.24, 2.45) is 7.05 Å². The van der Waals surface area contributed by atoms with Crippen LogP contribution in [-0.2, 0) is 11.8 Å². The highest BCUT2D eigenvalue weighted by atomic mass is 16.5. The molecule has 0 bridgehead atoms. The average molecular weight is 305 g/mol. The van der Waals surface area contributed by atoms with E-state index in [1.807, 2.05) is 30.7 Å². The normalized spacial score (nSPS) is 29.1. The number of aryl methyl sites for hydroxylation is 1. The van der Waals surface area contributed by atoms with Crippen LogP contribution >= 0.6 is 0 Å². The van der Waals surface area contributed by atoms with Gasteiger partial charge in [-0.25, -0.2) is 0 Å². The predicted molar refractivity (Wildman–Crippen MR) is 86.0 cm³/mol. The first-order chi connectivity index (χ1) is 10.6. The van der Waals surface area contributed by atoms with Crippen LogP contribution in [-0.4, -0.2) is 53.8 Å². The lowest BCUT2D eigenvalue weighted by Gasteiger charge is -2.30. The summed E-state index contributed by atoms with van der Waals surface area (Å²) in [5.41, 5.74) is 1.86. The van der Waals surface area contributed by atoms with E-state index in [2.05, 4.69) is 10.2 Å². The lowest BCUT2D eigenvalue weighted by atomic mass is 10.1. The number of methoxy groups -OCH3 is 1. The van der Waals surface area contributed by atoms with Crippen LogP contribution in [0.3, 0.4) is 0 Å². The number of rotatable bonds is 4. The number of amides is 1. The summed E-state index contributed by atoms with van der Waals surface area (Å²) in [6.07, 6.45) is 4.90. The fourth-order valence-corrected chi connectivity index (χ4v) is 3.88. The van der Waals surface area contributed by atoms with Crippen molar-refractivity contribution in [3.63, 3.8) is 0 Å². The molecule has 1 aliphatic carbocycles. The second-order valence-electron chi connectivity index (χ2n) is 6.64. The van der Waals surface area contributed by atoms with Crippen molar-refractivity contribution in [1.29, 1.82) is 0 Å². The predicted octanol–water partition coefficient (Wildman–Crippen LogP) is 1.71. The maximum Gasteiger partial charge on any atom is 0.268 e. The van der Waals surface area contributed by atoms with Gasteiger partial charge in [-0.3, -0.25) is 9.69 Å². The molecule has 1 aromatic rings. The lowest BCUT2D eigenvalue weighted by Crippen LogP contribution is -2.48. The molecule has 5 nitrogen and oxygen atoms in total. The Bertz CT molecular complexity index is 540. The fraction of sp³-hybridized carbons (Fsp3) is 0.706. The number of hydrogen-bond acceptors (Lipinski definition) is 3. The molecule has 1 saturated heterocycles. The van der Waals surface area contributed by atoms with Crippen LogP contribution in [0.25, 0.3) is 0 Å². The first kappa shape index (κ1) is 15.6. The molecule has 3 rings (SSSR count). The van der Waals surface area contributed by atoms with Crippen molar-refractivity contribution in [1.82, 2.24) is 14.8 Å². The van der Waals surface area contributed by atoms with E-state index in [9.17, 15) is 4.79 Å². The third-order valence-corrected chi connectivity index (χ3v) is 5.38. The summed E-state index contributed by atoms with van der Waals surface area (Å²) in [5, 5.41) is 3.27. The van der Waals surface area contributed by atoms with Gasteiger partial charge in [-0.2, -0.15) is 0 Å². The highest BCUT2D eigenvalue weighted by Gasteiger charge is 2.37. The third kappa shape index (κ3) is 2.92. The highest BCUT2D eigenvalue weighted by Crippen LogP contribution is 2.28. The topological polar surface area (TPSA) is 46.5 Å². The molecule has 1 unspecified atom stereocenters. The van der Waals surface area contributed by atoms with Gasteiger partial charge in [-0.05, 0) is 44.7 Å². The van der Waals surface area contributed by atoms with E-state index < -0.39 is 0 Å². The largest absolute Gasteiger partial charge is 0.380 e. The van der Waals surface area contributed by atoms with Crippen LogP contribution in [0.2, 0.25) is 0 Å². The lowest BCUT2D eigenvalue weighted by molar-refractivity contribution is 0.0866. The summed E-state index contributed by atoms with van der Waals surface area (Å²) < 4.78 is 7.43. The Morgan fingerprint density at radius 3 is 2.77 bits per heavy atom. The number of hydrogen-bond donors (Lipinski definition) is 1. The van der Waals surface area contributed by atoms with Gasteiger partial charge in [0.15, 0.2) is 0 Å². The van der Waals surface area contributed by atoms with Gasteiger partial charge in [-0.15, -0.1) is 0 Å². The summed E-state index contributed by atoms with van der Waals surface area (Å²) in [6, 6.07) is 4.62. The number of ether oxygens (including phenoxy) is 1. The van der Waals surface area contributed by atoms with Crippen molar-refractivity contribution >= 4 is 5.91 Å². The van der Waals surface area contributed by atoms with Crippen molar-refractivity contribution < 1.29 is 9.53 Å². The molecule has 2 aliphatic rings. The summed E-state index contributed by atoms with van der Waals surface area (Å²) in [5.74, 6) is 0.0509. The van der Waals surface area contributed by atoms with E-state index in [-0.39, 0.29) is 11.9 Å². The van der Waals surface area contributed by atoms with Crippen LogP contribution in [0.15, 0.2) is 12.1 Å². The van der Waals surface area contributed by atoms with E-state index >= 15 is 0 Å². The molecule has 2 heterocycles. The number of nitrogens with one attached hydrogen (secondary N) is 1. The summed E-state index contributed by atoms with van der Waals surface area (Å²) >= 11 is 0. The Hall–Kier alpha value is -1.33. The minimum Gasteiger partial charge on any atom is -0.380 e. The van der Waals surface area contributed by atoms with Gasteiger partial charge in [0.05, 0.1) is 6.10 Å². The molecule has 5 heteroatoms. The quantitative estimate of drug-likeness (QED) is 0.921. The maximum atomic E-state index is 12.5. The number of carbonyl (C=O) groups is 1. The van der Waals surface area contributed by atoms with Gasteiger partial charge < -0.3 is 14.6 Å². The van der Waals surface area contributed by atoms with E-state index in [4.69, 9.17) is 4.74 Å². The Morgan fingerprint density at radius 1 is 1.32 bits per heavy atom. The van der Waals surface area contributed by atoms with Gasteiger partial charge in [0.25, 0.3) is 5.91 Å². The smallest absolute Gasteiger partial charge is 0.268 e. The van der Waals surface area contributed by atoms with Gasteiger partial charge >= 0.3 is 0 Å². The van der Waals surface area contributed by atoms with Crippen LogP contribution in [0.5, 0.6) is 0 Å². The first-order valence-electron chi connectivity index (χ1n) is 8.30. The zero-order chi connectivity index (χ0) is 15.7. The van der Waals surface area contributed by atoms with E-state index in [0.717, 1.165) is 37.3 Å². The summed E-state index contributed by atoms with van der Waals surface area (Å²) in [6.45, 7) is 4.10. The van der Waals surface area contributed by atoms with Crippen LogP contribution < -0.4 is 5.32 Å². The Balaban J connectivity index is 1.64. The number of carbonyl (C=O) groups excluding carboxylic acids is 1. The Morgan fingerprint density at radius 2 is 2.14 bits per heavy atom. The van der Waals surface area contributed by atoms with Crippen LogP contribution in [0.4, 0.5) is 0 Å². The molecular weight excluding hydrogens is 278 g/mol. The zero-order valence-electron chi connectivity index (χ0n) is 13.8. The molecule has 1 N–H and O–H groups in total. The van der Waals surface area contributed by atoms with Gasteiger partial charge in [0.2, 0.25) is 0 Å². The summed E-state index contributed by atoms with van der Waals surface area (Å²) in [4.78, 5) is 15.0. The van der Waals surface area contributed by atoms with Crippen LogP contribution in [0, 0.1) is 6.92 Å². The average Bonchev–Trinajstić information content (AvgIpc) is 3.20. The number of nitrogens with zero attached hydrogens (tertiary/aromatic N) is 2. The molecule has 0 aromatic carbocycles. The van der Waals surface area contributed by atoms with E-state index in [1.54, 1.807) is 7.11 Å². The minimum absolute atomic E-state index is 0.0509. The monoisotopic (exact) mass is 305 g/mol. The second kappa shape index (κ2) is 6.42. The van der Waals surface area contributed by atoms with Crippen molar-refractivity contribution in [2.45, 2.75) is 50.8 Å². The molecular formula is C17H27N3O2. The molecule has 1 aliphatic heterocycles. The first-order valence-corrected chi connectivity index (χ1v) is 8.30. The molecule has 0 radical (unpaired) electrons. The minimum atomic E-state index is 0.0509. The summed E-state index contributed by atoms with van der Waals surface area (Å²) in [7, 11) is 3.74. The highest BCUT2D eigenvalue weighted by molar-refractivity contribution is 5.93. The molecule has 1 saturated carbocycles. The molecule has 1 amide bonds. The Kier molecular flexibility index (Phi) is 4.54. The van der Waals surface area contributed by atoms with Crippen LogP contribution in [0.1, 0.15) is 41.9 Å². The fourth-order valence-electron chi connectivity index (χ4n) is 3.88. The Labute approximate surface area is 132 Å². The van der Waals surface area contributed by atoms with Gasteiger partial charge in [-0.1, -0.05) is 0 Å². The maximum absolute atomic E-state index is 12.5. The standard InChI is InChI=1S/C17H27N3O2/c1-12-7-8-16(19(12)2)17(21)18-14-5-4-6-15(14)20-10-9-13(11-20)22-3/h7-8,13-15H,4-6,9-11H2,1-3H3,(H,18,21)/t13?,14-,15+/m1/s1. The van der Waals surface area contributed by atoms with Gasteiger partial charge in [0, 0.05) is 45.0 Å². The van der Waals surface area contributed by atoms with Crippen molar-refractivity contribution in [3.05, 3.63) is 23.5 Å². The van der Waals surface area contributed by atoms with E-state index in [0.29, 0.717) is 12.1 Å². The number of likely N-dealkylation sites (tertiary alicyclic amines) is 1. The molecule has 3 atom stereocenters. The number of aromatic nitrogens is 1. The van der Waals surface area contributed by atoms with E-state index in [1.165, 1.54) is 12.8 Å². The third-order valence-electron chi connectivity index (χ3n) is 5.38.